The minimum Gasteiger partial charge on any atom is -0.747 e. The van der Waals surface area contributed by atoms with Crippen LogP contribution in [0.3, 0.4) is 0 Å². The average molecular weight is 370 g/mol. The van der Waals surface area contributed by atoms with Gasteiger partial charge in [-0.2, -0.15) is 0 Å². The standard InChI is InChI=1S/C17H32O5S.Na/c1-3-5-6-7-8-9-10-11-12-14-16(19)17(23(20,21)22)15(18)13-4-2;/h4,15,17-18H,2-3,5-14H2,1H3,(H,20,21,22);/q;+1/p-1. The molecule has 0 aromatic rings. The van der Waals surface area contributed by atoms with Gasteiger partial charge in [0.05, 0.1) is 6.10 Å². The topological polar surface area (TPSA) is 94.5 Å². The van der Waals surface area contributed by atoms with Gasteiger partial charge in [-0.25, -0.2) is 8.42 Å². The first-order chi connectivity index (χ1) is 10.8. The Morgan fingerprint density at radius 2 is 1.54 bits per heavy atom. The van der Waals surface area contributed by atoms with E-state index < -0.39 is 27.3 Å². The van der Waals surface area contributed by atoms with Crippen LogP contribution >= 0.6 is 0 Å². The second-order valence-corrected chi connectivity index (χ2v) is 7.54. The molecule has 0 aromatic heterocycles. The Balaban J connectivity index is 0. The number of hydrogen-bond donors (Lipinski definition) is 1. The zero-order valence-corrected chi connectivity index (χ0v) is 18.0. The van der Waals surface area contributed by atoms with E-state index in [1.54, 1.807) is 0 Å². The van der Waals surface area contributed by atoms with Gasteiger partial charge in [0.25, 0.3) is 0 Å². The summed E-state index contributed by atoms with van der Waals surface area (Å²) in [5.74, 6) is -0.683. The van der Waals surface area contributed by atoms with Gasteiger partial charge in [0.2, 0.25) is 0 Å². The molecule has 1 N–H and O–H groups in total. The zero-order chi connectivity index (χ0) is 17.7. The predicted molar refractivity (Wildman–Crippen MR) is 91.2 cm³/mol. The van der Waals surface area contributed by atoms with Crippen molar-refractivity contribution in [3.05, 3.63) is 12.7 Å². The third-order valence-electron chi connectivity index (χ3n) is 3.91. The van der Waals surface area contributed by atoms with Crippen molar-refractivity contribution < 1.29 is 52.4 Å². The van der Waals surface area contributed by atoms with Crippen molar-refractivity contribution >= 4 is 15.9 Å². The third-order valence-corrected chi connectivity index (χ3v) is 5.11. The summed E-state index contributed by atoms with van der Waals surface area (Å²) >= 11 is 0. The summed E-state index contributed by atoms with van der Waals surface area (Å²) < 4.78 is 33.5. The van der Waals surface area contributed by atoms with E-state index in [2.05, 4.69) is 13.5 Å². The van der Waals surface area contributed by atoms with Gasteiger partial charge in [-0.05, 0) is 12.8 Å². The number of carbonyl (C=O) groups excluding carboxylic acids is 1. The van der Waals surface area contributed by atoms with Crippen LogP contribution in [0.15, 0.2) is 12.7 Å². The van der Waals surface area contributed by atoms with Gasteiger partial charge in [-0.1, -0.05) is 64.4 Å². The molecule has 0 aliphatic rings. The zero-order valence-electron chi connectivity index (χ0n) is 15.2. The van der Waals surface area contributed by atoms with Crippen molar-refractivity contribution in [3.8, 4) is 0 Å². The predicted octanol–water partition coefficient (Wildman–Crippen LogP) is 0.331. The van der Waals surface area contributed by atoms with E-state index in [1.807, 2.05) is 0 Å². The van der Waals surface area contributed by atoms with Crippen molar-refractivity contribution in [2.24, 2.45) is 0 Å². The summed E-state index contributed by atoms with van der Waals surface area (Å²) in [4.78, 5) is 11.9. The number of Topliss-reactive ketones (excluding diaryl/α,β-unsaturated/α-hetero) is 1. The minimum atomic E-state index is -4.84. The molecule has 0 saturated carbocycles. The summed E-state index contributed by atoms with van der Waals surface area (Å²) in [5, 5.41) is 7.82. The molecule has 0 heterocycles. The molecule has 0 fully saturated rings. The van der Waals surface area contributed by atoms with Crippen molar-refractivity contribution in [1.29, 1.82) is 0 Å². The Labute approximate surface area is 169 Å². The fourth-order valence-electron chi connectivity index (χ4n) is 2.61. The third kappa shape index (κ3) is 12.6. The maximum absolute atomic E-state index is 11.9. The molecule has 0 amide bonds. The molecule has 0 aliphatic carbocycles. The molecule has 0 rings (SSSR count). The van der Waals surface area contributed by atoms with Gasteiger partial charge in [0.1, 0.15) is 15.4 Å². The van der Waals surface area contributed by atoms with Gasteiger partial charge in [0.15, 0.2) is 5.78 Å². The van der Waals surface area contributed by atoms with Crippen molar-refractivity contribution in [2.75, 3.05) is 0 Å². The Morgan fingerprint density at radius 1 is 1.08 bits per heavy atom. The van der Waals surface area contributed by atoms with Gasteiger partial charge in [0, 0.05) is 6.42 Å². The van der Waals surface area contributed by atoms with Crippen molar-refractivity contribution in [1.82, 2.24) is 0 Å². The molecule has 0 spiro atoms. The van der Waals surface area contributed by atoms with E-state index >= 15 is 0 Å². The maximum atomic E-state index is 11.9. The monoisotopic (exact) mass is 370 g/mol. The summed E-state index contributed by atoms with van der Waals surface area (Å²) in [7, 11) is -4.84. The number of aliphatic hydroxyl groups is 1. The number of carbonyl (C=O) groups is 1. The Kier molecular flexibility index (Phi) is 17.2. The Morgan fingerprint density at radius 3 is 1.96 bits per heavy atom. The van der Waals surface area contributed by atoms with E-state index in [9.17, 15) is 22.9 Å². The molecule has 24 heavy (non-hydrogen) atoms. The maximum Gasteiger partial charge on any atom is 1.00 e. The first-order valence-corrected chi connectivity index (χ1v) is 10.1. The van der Waals surface area contributed by atoms with Crippen LogP contribution in [0.5, 0.6) is 0 Å². The SMILES string of the molecule is C=CCC(O)C(C(=O)CCCCCCCCCCC)S(=O)(=O)[O-].[Na+]. The van der Waals surface area contributed by atoms with E-state index in [4.69, 9.17) is 0 Å². The summed E-state index contributed by atoms with van der Waals surface area (Å²) in [5.41, 5.74) is 0. The normalized spacial score (nSPS) is 13.8. The fraction of sp³-hybridized carbons (Fsp3) is 0.824. The van der Waals surface area contributed by atoms with Crippen LogP contribution in [-0.4, -0.2) is 35.2 Å². The van der Waals surface area contributed by atoms with Crippen molar-refractivity contribution in [3.63, 3.8) is 0 Å². The number of hydrogen-bond acceptors (Lipinski definition) is 5. The average Bonchev–Trinajstić information content (AvgIpc) is 2.44. The molecular formula is C17H31NaO5S. The van der Waals surface area contributed by atoms with E-state index in [1.165, 1.54) is 38.2 Å². The summed E-state index contributed by atoms with van der Waals surface area (Å²) in [6.45, 7) is 5.56. The van der Waals surface area contributed by atoms with Gasteiger partial charge in [-0.3, -0.25) is 4.79 Å². The first-order valence-electron chi connectivity index (χ1n) is 8.61. The van der Waals surface area contributed by atoms with Crippen LogP contribution in [0.2, 0.25) is 0 Å². The minimum absolute atomic E-state index is 0. The summed E-state index contributed by atoms with van der Waals surface area (Å²) in [6, 6.07) is 0. The quantitative estimate of drug-likeness (QED) is 0.194. The molecule has 2 unspecified atom stereocenters. The van der Waals surface area contributed by atoms with E-state index in [0.29, 0.717) is 6.42 Å². The fourth-order valence-corrected chi connectivity index (χ4v) is 3.55. The van der Waals surface area contributed by atoms with Crippen LogP contribution in [0, 0.1) is 0 Å². The van der Waals surface area contributed by atoms with Crippen molar-refractivity contribution in [2.45, 2.75) is 88.9 Å². The van der Waals surface area contributed by atoms with Gasteiger partial charge < -0.3 is 9.66 Å². The molecular weight excluding hydrogens is 339 g/mol. The molecule has 7 heteroatoms. The Bertz CT molecular complexity index is 436. The molecule has 0 saturated heterocycles. The first kappa shape index (κ1) is 26.5. The van der Waals surface area contributed by atoms with Crippen LogP contribution in [0.4, 0.5) is 0 Å². The molecule has 5 nitrogen and oxygen atoms in total. The van der Waals surface area contributed by atoms with E-state index in [-0.39, 0.29) is 42.4 Å². The molecule has 0 radical (unpaired) electrons. The number of unbranched alkanes of at least 4 members (excludes halogenated alkanes) is 8. The van der Waals surface area contributed by atoms with Gasteiger partial charge >= 0.3 is 29.6 Å². The molecule has 0 bridgehead atoms. The van der Waals surface area contributed by atoms with Crippen LogP contribution < -0.4 is 29.6 Å². The molecule has 0 aliphatic heterocycles. The number of ketones is 1. The van der Waals surface area contributed by atoms with Crippen LogP contribution in [0.1, 0.15) is 77.6 Å². The van der Waals surface area contributed by atoms with E-state index in [0.717, 1.165) is 19.3 Å². The second kappa shape index (κ2) is 15.5. The van der Waals surface area contributed by atoms with Gasteiger partial charge in [-0.15, -0.1) is 6.58 Å². The molecule has 2 atom stereocenters. The summed E-state index contributed by atoms with van der Waals surface area (Å²) in [6.07, 6.45) is 9.42. The largest absolute Gasteiger partial charge is 1.00 e. The van der Waals surface area contributed by atoms with Crippen LogP contribution in [-0.2, 0) is 14.9 Å². The van der Waals surface area contributed by atoms with Crippen LogP contribution in [0.25, 0.3) is 0 Å². The molecule has 0 aromatic carbocycles. The number of rotatable bonds is 15. The Hall–Kier alpha value is 0.280. The molecule has 136 valence electrons. The number of aliphatic hydroxyl groups excluding tert-OH is 1. The smallest absolute Gasteiger partial charge is 0.747 e. The second-order valence-electron chi connectivity index (χ2n) is 6.05.